The van der Waals surface area contributed by atoms with Crippen LogP contribution in [0.5, 0.6) is 0 Å². The van der Waals surface area contributed by atoms with Crippen molar-refractivity contribution in [2.45, 2.75) is 51.5 Å². The topological polar surface area (TPSA) is 105 Å². The molecule has 3 aromatic rings. The molecule has 0 fully saturated rings. The molecule has 0 saturated carbocycles. The van der Waals surface area contributed by atoms with Gasteiger partial charge in [-0.3, -0.25) is 4.55 Å². The highest BCUT2D eigenvalue weighted by molar-refractivity contribution is 8.04. The van der Waals surface area contributed by atoms with E-state index in [9.17, 15) is 21.4 Å². The van der Waals surface area contributed by atoms with Gasteiger partial charge in [-0.15, -0.1) is 0 Å². The summed E-state index contributed by atoms with van der Waals surface area (Å²) in [4.78, 5) is 3.17. The second-order valence-electron chi connectivity index (χ2n) is 10.2. The first kappa shape index (κ1) is 34.5. The van der Waals surface area contributed by atoms with E-state index in [1.54, 1.807) is 23.1 Å². The van der Waals surface area contributed by atoms with Crippen molar-refractivity contribution >= 4 is 88.5 Å². The molecule has 2 aromatic carbocycles. The second kappa shape index (κ2) is 14.3. The Morgan fingerprint density at radius 3 is 2.30 bits per heavy atom. The molecule has 0 atom stereocenters. The van der Waals surface area contributed by atoms with Gasteiger partial charge in [0.15, 0.2) is 6.54 Å². The molecular formula is C28H37Cl2N3O6S4+2. The monoisotopic (exact) mass is 709 g/mol. The van der Waals surface area contributed by atoms with Gasteiger partial charge in [0.25, 0.3) is 15.1 Å². The van der Waals surface area contributed by atoms with E-state index in [0.29, 0.717) is 55.6 Å². The largest absolute Gasteiger partial charge is 0.335 e. The maximum atomic E-state index is 12.8. The molecule has 4 rings (SSSR count). The summed E-state index contributed by atoms with van der Waals surface area (Å²) in [5.74, 6) is -0.416. The number of anilines is 1. The Morgan fingerprint density at radius 1 is 0.953 bits per heavy atom. The summed E-state index contributed by atoms with van der Waals surface area (Å²) in [6.07, 6.45) is 3.32. The summed E-state index contributed by atoms with van der Waals surface area (Å²) in [6.45, 7) is 8.42. The fourth-order valence-corrected chi connectivity index (χ4v) is 9.53. The van der Waals surface area contributed by atoms with Crippen molar-refractivity contribution in [3.63, 3.8) is 0 Å². The first-order chi connectivity index (χ1) is 20.3. The Labute approximate surface area is 272 Å². The average molecular weight is 711 g/mol. The van der Waals surface area contributed by atoms with E-state index in [0.717, 1.165) is 30.8 Å². The molecule has 0 bridgehead atoms. The quantitative estimate of drug-likeness (QED) is 0.0619. The van der Waals surface area contributed by atoms with Crippen LogP contribution >= 0.6 is 46.3 Å². The second-order valence-corrected chi connectivity index (χ2v) is 16.5. The van der Waals surface area contributed by atoms with Gasteiger partial charge >= 0.3 is 10.1 Å². The smallest absolute Gasteiger partial charge is 0.314 e. The van der Waals surface area contributed by atoms with E-state index >= 15 is 0 Å². The zero-order valence-electron chi connectivity index (χ0n) is 24.3. The summed E-state index contributed by atoms with van der Waals surface area (Å²) in [6, 6.07) is 11.3. The minimum atomic E-state index is -4.09. The maximum absolute atomic E-state index is 12.8. The average Bonchev–Trinajstić information content (AvgIpc) is 3.45. The number of rotatable bonds is 15. The molecule has 0 radical (unpaired) electrons. The van der Waals surface area contributed by atoms with Gasteiger partial charge in [0, 0.05) is 34.0 Å². The first-order valence-corrected chi connectivity index (χ1v) is 19.7. The molecule has 0 aliphatic carbocycles. The van der Waals surface area contributed by atoms with Gasteiger partial charge < -0.3 is 4.90 Å². The lowest BCUT2D eigenvalue weighted by Crippen LogP contribution is -2.49. The van der Waals surface area contributed by atoms with Crippen molar-refractivity contribution in [1.82, 2.24) is 0 Å². The molecular weight excluding hydrogens is 673 g/mol. The number of unbranched alkanes of at least 4 members (excludes halogenated alkanes) is 1. The van der Waals surface area contributed by atoms with Crippen LogP contribution in [0.2, 0.25) is 10.0 Å². The van der Waals surface area contributed by atoms with Crippen LogP contribution in [-0.4, -0.2) is 63.7 Å². The number of thioether (sulfide) groups is 1. The minimum absolute atomic E-state index is 0.0692. The van der Waals surface area contributed by atoms with Gasteiger partial charge in [-0.25, -0.2) is 0 Å². The van der Waals surface area contributed by atoms with Crippen molar-refractivity contribution in [3.8, 4) is 0 Å². The van der Waals surface area contributed by atoms with Gasteiger partial charge in [0.2, 0.25) is 5.52 Å². The molecule has 0 saturated heterocycles. The summed E-state index contributed by atoms with van der Waals surface area (Å²) in [5, 5.41) is 3.00. The Balaban J connectivity index is 1.59. The van der Waals surface area contributed by atoms with Crippen molar-refractivity contribution < 1.29 is 34.9 Å². The molecule has 1 aliphatic rings. The van der Waals surface area contributed by atoms with Crippen LogP contribution in [0.15, 0.2) is 46.3 Å². The number of nitrogens with zero attached hydrogens (tertiary/aromatic N) is 3. The number of thiazole rings is 1. The molecule has 9 nitrogen and oxygen atoms in total. The van der Waals surface area contributed by atoms with Crippen LogP contribution in [-0.2, 0) is 31.1 Å². The maximum Gasteiger partial charge on any atom is 0.314 e. The number of benzene rings is 2. The van der Waals surface area contributed by atoms with Gasteiger partial charge in [-0.1, -0.05) is 50.6 Å². The zero-order valence-corrected chi connectivity index (χ0v) is 29.1. The number of aryl methyl sites for hydroxylation is 1. The molecule has 0 amide bonds. The third kappa shape index (κ3) is 8.86. The van der Waals surface area contributed by atoms with Crippen molar-refractivity contribution in [3.05, 3.63) is 56.5 Å². The predicted molar refractivity (Wildman–Crippen MR) is 177 cm³/mol. The van der Waals surface area contributed by atoms with Gasteiger partial charge in [0.1, 0.15) is 24.3 Å². The van der Waals surface area contributed by atoms with Crippen LogP contribution in [0, 0.1) is 0 Å². The van der Waals surface area contributed by atoms with E-state index in [4.69, 9.17) is 27.5 Å². The summed E-state index contributed by atoms with van der Waals surface area (Å²) >= 11 is 15.8. The highest BCUT2D eigenvalue weighted by Crippen LogP contribution is 2.48. The van der Waals surface area contributed by atoms with E-state index < -0.39 is 20.2 Å². The number of halogens is 2. The highest BCUT2D eigenvalue weighted by Gasteiger charge is 2.32. The van der Waals surface area contributed by atoms with Crippen LogP contribution in [0.3, 0.4) is 0 Å². The molecule has 0 spiro atoms. The first-order valence-electron chi connectivity index (χ1n) is 14.1. The SMILES string of the molecule is CC[N+](CC)(CC)OS(=O)(=O)CCCCN1C(=Cc2sc3ccc(Cl)cc3[n+]2CCCS(=O)(=O)O)Sc2ccc(Cl)cc21. The van der Waals surface area contributed by atoms with Crippen molar-refractivity contribution in [2.24, 2.45) is 0 Å². The Hall–Kier alpha value is -1.42. The molecule has 0 unspecified atom stereocenters. The molecule has 1 aliphatic heterocycles. The summed E-state index contributed by atoms with van der Waals surface area (Å²) in [5.41, 5.74) is 1.82. The number of fused-ring (bicyclic) bond motifs is 2. The summed E-state index contributed by atoms with van der Waals surface area (Å²) in [7, 11) is -7.79. The molecule has 15 heteroatoms. The lowest BCUT2D eigenvalue weighted by Gasteiger charge is -2.30. The third-order valence-electron chi connectivity index (χ3n) is 7.44. The lowest BCUT2D eigenvalue weighted by molar-refractivity contribution is -1.08. The Morgan fingerprint density at radius 2 is 1.63 bits per heavy atom. The number of hydrogen-bond acceptors (Lipinski definition) is 8. The molecule has 1 N–H and O–H groups in total. The van der Waals surface area contributed by atoms with E-state index in [1.807, 2.05) is 61.7 Å². The highest BCUT2D eigenvalue weighted by atomic mass is 35.5. The van der Waals surface area contributed by atoms with E-state index in [-0.39, 0.29) is 22.6 Å². The number of aromatic nitrogens is 1. The number of hydrogen-bond donors (Lipinski definition) is 1. The molecule has 43 heavy (non-hydrogen) atoms. The fraction of sp³-hybridized carbons (Fsp3) is 0.464. The molecule has 2 heterocycles. The fourth-order valence-electron chi connectivity index (χ4n) is 4.99. The number of hydroxylamine groups is 3. The van der Waals surface area contributed by atoms with Gasteiger partial charge in [0.05, 0.1) is 28.3 Å². The lowest BCUT2D eigenvalue weighted by atomic mass is 10.2. The zero-order chi connectivity index (χ0) is 31.4. The third-order valence-corrected chi connectivity index (χ3v) is 12.3. The molecule has 236 valence electrons. The number of quaternary nitrogens is 1. The summed E-state index contributed by atoms with van der Waals surface area (Å²) < 4.78 is 66.4. The Kier molecular flexibility index (Phi) is 11.5. The Bertz CT molecular complexity index is 1700. The van der Waals surface area contributed by atoms with Crippen molar-refractivity contribution in [1.29, 1.82) is 0 Å². The van der Waals surface area contributed by atoms with E-state index in [1.165, 1.54) is 0 Å². The van der Waals surface area contributed by atoms with Crippen LogP contribution in [0.1, 0.15) is 45.0 Å². The van der Waals surface area contributed by atoms with Crippen molar-refractivity contribution in [2.75, 3.05) is 42.6 Å². The van der Waals surface area contributed by atoms with Gasteiger partial charge in [-0.05, 0) is 63.9 Å². The predicted octanol–water partition coefficient (Wildman–Crippen LogP) is 6.60. The van der Waals surface area contributed by atoms with Crippen LogP contribution < -0.4 is 9.47 Å². The van der Waals surface area contributed by atoms with E-state index in [2.05, 4.69) is 11.0 Å². The molecule has 1 aromatic heterocycles. The standard InChI is InChI=1S/C28H36Cl2N3O6S4/c1-4-33(5-2,6-3)39-43(37,38)17-8-7-14-31-23-18-21(29)10-12-25(23)40-27(31)20-28-32(15-9-16-42(34,35)36)24-19-22(30)11-13-26(24)41-28/h10-13,18-20H,4-9,14-17H2,1-3H3/q+1/p+1. The van der Waals surface area contributed by atoms with Crippen LogP contribution in [0.4, 0.5) is 5.69 Å². The van der Waals surface area contributed by atoms with Gasteiger partial charge in [-0.2, -0.15) is 26.0 Å². The van der Waals surface area contributed by atoms with Crippen LogP contribution in [0.25, 0.3) is 16.3 Å². The normalized spacial score (nSPS) is 15.1. The minimum Gasteiger partial charge on any atom is -0.335 e.